The van der Waals surface area contributed by atoms with Crippen LogP contribution in [0.15, 0.2) is 46.9 Å². The standard InChI is InChI=1S/C19H19ClFN3O2/c1-12(24(2)11-13-7-8-17(25-3)16(21)9-13)18-22-23-19(26-18)14-5-4-6-15(20)10-14/h4-10,12H,11H2,1-3H3. The maximum absolute atomic E-state index is 13.9. The van der Waals surface area contributed by atoms with Crippen molar-refractivity contribution in [3.63, 3.8) is 0 Å². The van der Waals surface area contributed by atoms with Gasteiger partial charge in [-0.15, -0.1) is 10.2 Å². The summed E-state index contributed by atoms with van der Waals surface area (Å²) in [5.41, 5.74) is 1.59. The third-order valence-electron chi connectivity index (χ3n) is 4.18. The van der Waals surface area contributed by atoms with Gasteiger partial charge in [-0.2, -0.15) is 0 Å². The highest BCUT2D eigenvalue weighted by molar-refractivity contribution is 6.30. The molecule has 0 radical (unpaired) electrons. The van der Waals surface area contributed by atoms with Crippen molar-refractivity contribution in [2.24, 2.45) is 0 Å². The summed E-state index contributed by atoms with van der Waals surface area (Å²) in [5, 5.41) is 8.84. The van der Waals surface area contributed by atoms with Gasteiger partial charge in [0.25, 0.3) is 0 Å². The lowest BCUT2D eigenvalue weighted by Gasteiger charge is -2.21. The van der Waals surface area contributed by atoms with E-state index in [2.05, 4.69) is 10.2 Å². The van der Waals surface area contributed by atoms with Crippen LogP contribution in [0.25, 0.3) is 11.5 Å². The van der Waals surface area contributed by atoms with Gasteiger partial charge < -0.3 is 9.15 Å². The summed E-state index contributed by atoms with van der Waals surface area (Å²) in [6.07, 6.45) is 0. The van der Waals surface area contributed by atoms with Crippen LogP contribution in [0.5, 0.6) is 5.75 Å². The van der Waals surface area contributed by atoms with Gasteiger partial charge in [0.1, 0.15) is 0 Å². The summed E-state index contributed by atoms with van der Waals surface area (Å²) < 4.78 is 24.6. The molecule has 0 bridgehead atoms. The van der Waals surface area contributed by atoms with Crippen molar-refractivity contribution in [3.8, 4) is 17.2 Å². The van der Waals surface area contributed by atoms with Gasteiger partial charge in [0.2, 0.25) is 11.8 Å². The number of benzene rings is 2. The van der Waals surface area contributed by atoms with Crippen LogP contribution in [0.1, 0.15) is 24.4 Å². The summed E-state index contributed by atoms with van der Waals surface area (Å²) in [7, 11) is 3.36. The SMILES string of the molecule is COc1ccc(CN(C)C(C)c2nnc(-c3cccc(Cl)c3)o2)cc1F. The minimum Gasteiger partial charge on any atom is -0.494 e. The van der Waals surface area contributed by atoms with Crippen LogP contribution in [-0.4, -0.2) is 29.3 Å². The molecular weight excluding hydrogens is 357 g/mol. The first-order chi connectivity index (χ1) is 12.5. The first-order valence-electron chi connectivity index (χ1n) is 8.10. The molecule has 2 aromatic carbocycles. The van der Waals surface area contributed by atoms with Crippen LogP contribution in [0.3, 0.4) is 0 Å². The molecule has 0 saturated carbocycles. The lowest BCUT2D eigenvalue weighted by Crippen LogP contribution is -2.22. The number of methoxy groups -OCH3 is 1. The van der Waals surface area contributed by atoms with E-state index in [4.69, 9.17) is 20.8 Å². The second-order valence-corrected chi connectivity index (χ2v) is 6.45. The van der Waals surface area contributed by atoms with Crippen LogP contribution in [0.4, 0.5) is 4.39 Å². The summed E-state index contributed by atoms with van der Waals surface area (Å²) in [6.45, 7) is 2.48. The van der Waals surface area contributed by atoms with Crippen LogP contribution < -0.4 is 4.74 Å². The fourth-order valence-electron chi connectivity index (χ4n) is 2.56. The second kappa shape index (κ2) is 7.85. The minimum absolute atomic E-state index is 0.138. The van der Waals surface area contributed by atoms with E-state index in [1.807, 2.05) is 37.1 Å². The zero-order valence-corrected chi connectivity index (χ0v) is 15.5. The molecule has 1 aromatic heterocycles. The van der Waals surface area contributed by atoms with Gasteiger partial charge in [0.15, 0.2) is 11.6 Å². The number of ether oxygens (including phenoxy) is 1. The van der Waals surface area contributed by atoms with E-state index in [-0.39, 0.29) is 17.6 Å². The van der Waals surface area contributed by atoms with E-state index in [1.165, 1.54) is 13.2 Å². The smallest absolute Gasteiger partial charge is 0.247 e. The Bertz CT molecular complexity index is 900. The number of hydrogen-bond acceptors (Lipinski definition) is 5. The van der Waals surface area contributed by atoms with E-state index < -0.39 is 0 Å². The summed E-state index contributed by atoms with van der Waals surface area (Å²) in [5.74, 6) is 0.745. The predicted molar refractivity (Wildman–Crippen MR) is 97.6 cm³/mol. The van der Waals surface area contributed by atoms with Crippen molar-refractivity contribution < 1.29 is 13.5 Å². The van der Waals surface area contributed by atoms with Crippen molar-refractivity contribution in [1.29, 1.82) is 0 Å². The number of rotatable bonds is 6. The molecule has 0 N–H and O–H groups in total. The first kappa shape index (κ1) is 18.4. The molecule has 136 valence electrons. The molecule has 26 heavy (non-hydrogen) atoms. The summed E-state index contributed by atoms with van der Waals surface area (Å²) >= 11 is 6.00. The Labute approximate surface area is 156 Å². The third kappa shape index (κ3) is 4.03. The van der Waals surface area contributed by atoms with Gasteiger partial charge in [-0.05, 0) is 49.9 Å². The fraction of sp³-hybridized carbons (Fsp3) is 0.263. The summed E-state index contributed by atoms with van der Waals surface area (Å²) in [6, 6.07) is 12.0. The zero-order chi connectivity index (χ0) is 18.7. The van der Waals surface area contributed by atoms with Gasteiger partial charge in [-0.1, -0.05) is 23.7 Å². The Kier molecular flexibility index (Phi) is 5.54. The lowest BCUT2D eigenvalue weighted by molar-refractivity contribution is 0.217. The molecule has 0 aliphatic rings. The van der Waals surface area contributed by atoms with Gasteiger partial charge in [0, 0.05) is 17.1 Å². The maximum atomic E-state index is 13.9. The molecule has 0 aliphatic carbocycles. The average molecular weight is 376 g/mol. The Hall–Kier alpha value is -2.44. The highest BCUT2D eigenvalue weighted by Gasteiger charge is 2.20. The molecule has 1 atom stereocenters. The molecule has 0 saturated heterocycles. The van der Waals surface area contributed by atoms with E-state index in [9.17, 15) is 4.39 Å². The lowest BCUT2D eigenvalue weighted by atomic mass is 10.1. The Morgan fingerprint density at radius 2 is 2.04 bits per heavy atom. The van der Waals surface area contributed by atoms with Crippen LogP contribution >= 0.6 is 11.6 Å². The van der Waals surface area contributed by atoms with Crippen LogP contribution in [0.2, 0.25) is 5.02 Å². The molecule has 0 aliphatic heterocycles. The largest absolute Gasteiger partial charge is 0.494 e. The number of nitrogens with zero attached hydrogens (tertiary/aromatic N) is 3. The molecule has 5 nitrogen and oxygen atoms in total. The average Bonchev–Trinajstić information content (AvgIpc) is 3.11. The topological polar surface area (TPSA) is 51.4 Å². The minimum atomic E-state index is -0.382. The highest BCUT2D eigenvalue weighted by atomic mass is 35.5. The molecule has 0 spiro atoms. The van der Waals surface area contributed by atoms with Crippen LogP contribution in [-0.2, 0) is 6.54 Å². The molecule has 7 heteroatoms. The predicted octanol–water partition coefficient (Wildman–Crippen LogP) is 4.73. The molecule has 1 unspecified atom stereocenters. The third-order valence-corrected chi connectivity index (χ3v) is 4.41. The number of halogens is 2. The molecular formula is C19H19ClFN3O2. The quantitative estimate of drug-likeness (QED) is 0.623. The molecule has 0 fully saturated rings. The molecule has 1 heterocycles. The Morgan fingerprint density at radius 1 is 1.23 bits per heavy atom. The second-order valence-electron chi connectivity index (χ2n) is 6.02. The Balaban J connectivity index is 1.72. The Morgan fingerprint density at radius 3 is 2.73 bits per heavy atom. The number of hydrogen-bond donors (Lipinski definition) is 0. The number of aromatic nitrogens is 2. The highest BCUT2D eigenvalue weighted by Crippen LogP contribution is 2.26. The monoisotopic (exact) mass is 375 g/mol. The zero-order valence-electron chi connectivity index (χ0n) is 14.7. The van der Waals surface area contributed by atoms with Crippen molar-refractivity contribution >= 4 is 11.6 Å². The maximum Gasteiger partial charge on any atom is 0.247 e. The fourth-order valence-corrected chi connectivity index (χ4v) is 2.75. The van der Waals surface area contributed by atoms with Crippen LogP contribution in [0, 0.1) is 5.82 Å². The molecule has 3 aromatic rings. The van der Waals surface area contributed by atoms with Crippen molar-refractivity contribution in [1.82, 2.24) is 15.1 Å². The molecule has 0 amide bonds. The van der Waals surface area contributed by atoms with Gasteiger partial charge in [0.05, 0.1) is 13.2 Å². The van der Waals surface area contributed by atoms with Gasteiger partial charge in [-0.25, -0.2) is 4.39 Å². The van der Waals surface area contributed by atoms with Crippen molar-refractivity contribution in [2.75, 3.05) is 14.2 Å². The van der Waals surface area contributed by atoms with E-state index in [0.29, 0.717) is 23.3 Å². The van der Waals surface area contributed by atoms with Gasteiger partial charge in [-0.3, -0.25) is 4.90 Å². The van der Waals surface area contributed by atoms with E-state index in [1.54, 1.807) is 18.2 Å². The van der Waals surface area contributed by atoms with Gasteiger partial charge >= 0.3 is 0 Å². The van der Waals surface area contributed by atoms with Crippen molar-refractivity contribution in [2.45, 2.75) is 19.5 Å². The normalized spacial score (nSPS) is 12.4. The van der Waals surface area contributed by atoms with E-state index in [0.717, 1.165) is 11.1 Å². The van der Waals surface area contributed by atoms with Crippen molar-refractivity contribution in [3.05, 3.63) is 64.8 Å². The van der Waals surface area contributed by atoms with E-state index >= 15 is 0 Å². The first-order valence-corrected chi connectivity index (χ1v) is 8.47. The summed E-state index contributed by atoms with van der Waals surface area (Å²) in [4.78, 5) is 2.00. The molecule has 3 rings (SSSR count).